The van der Waals surface area contributed by atoms with Crippen molar-refractivity contribution in [3.05, 3.63) is 65.7 Å². The van der Waals surface area contributed by atoms with Gasteiger partial charge in [-0.05, 0) is 43.3 Å². The van der Waals surface area contributed by atoms with Gasteiger partial charge >= 0.3 is 0 Å². The highest BCUT2D eigenvalue weighted by molar-refractivity contribution is 6.06. The molecule has 0 heterocycles. The predicted octanol–water partition coefficient (Wildman–Crippen LogP) is 2.42. The SMILES string of the molecule is CCN(CCO)C(=O)c1ccc(C(=O)N(C)c2ccccc2)cc1. The fraction of sp³-hybridized carbons (Fsp3) is 0.263. The quantitative estimate of drug-likeness (QED) is 0.887. The molecular formula is C19H22N2O3. The van der Waals surface area contributed by atoms with Crippen LogP contribution in [-0.4, -0.2) is 48.6 Å². The number of hydrogen-bond donors (Lipinski definition) is 1. The monoisotopic (exact) mass is 326 g/mol. The number of aliphatic hydroxyl groups is 1. The third kappa shape index (κ3) is 4.00. The molecule has 0 spiro atoms. The van der Waals surface area contributed by atoms with Crippen LogP contribution in [0.3, 0.4) is 0 Å². The molecule has 1 N–H and O–H groups in total. The Balaban J connectivity index is 2.14. The van der Waals surface area contributed by atoms with E-state index in [1.54, 1.807) is 41.1 Å². The first-order valence-corrected chi connectivity index (χ1v) is 7.91. The standard InChI is InChI=1S/C19H22N2O3/c1-3-21(13-14-22)19(24)16-11-9-15(10-12-16)18(23)20(2)17-7-5-4-6-8-17/h4-12,22H,3,13-14H2,1-2H3. The van der Waals surface area contributed by atoms with E-state index in [4.69, 9.17) is 5.11 Å². The number of aliphatic hydroxyl groups excluding tert-OH is 1. The van der Waals surface area contributed by atoms with E-state index in [9.17, 15) is 9.59 Å². The van der Waals surface area contributed by atoms with Gasteiger partial charge in [0, 0.05) is 37.0 Å². The number of benzene rings is 2. The lowest BCUT2D eigenvalue weighted by Crippen LogP contribution is -2.33. The maximum Gasteiger partial charge on any atom is 0.258 e. The van der Waals surface area contributed by atoms with Crippen LogP contribution in [-0.2, 0) is 0 Å². The molecule has 0 aromatic heterocycles. The molecule has 0 aliphatic heterocycles. The third-order valence-electron chi connectivity index (χ3n) is 3.87. The second-order valence-corrected chi connectivity index (χ2v) is 5.39. The summed E-state index contributed by atoms with van der Waals surface area (Å²) in [5.41, 5.74) is 1.83. The smallest absolute Gasteiger partial charge is 0.258 e. The van der Waals surface area contributed by atoms with Crippen molar-refractivity contribution in [2.45, 2.75) is 6.92 Å². The van der Waals surface area contributed by atoms with Crippen LogP contribution in [0, 0.1) is 0 Å². The summed E-state index contributed by atoms with van der Waals surface area (Å²) < 4.78 is 0. The molecule has 5 nitrogen and oxygen atoms in total. The molecule has 2 aromatic carbocycles. The fourth-order valence-corrected chi connectivity index (χ4v) is 2.42. The first-order valence-electron chi connectivity index (χ1n) is 7.91. The van der Waals surface area contributed by atoms with E-state index in [-0.39, 0.29) is 18.4 Å². The second kappa shape index (κ2) is 8.26. The van der Waals surface area contributed by atoms with Crippen molar-refractivity contribution in [2.24, 2.45) is 0 Å². The zero-order valence-electron chi connectivity index (χ0n) is 14.0. The average molecular weight is 326 g/mol. The van der Waals surface area contributed by atoms with Crippen molar-refractivity contribution in [1.82, 2.24) is 4.90 Å². The van der Waals surface area contributed by atoms with Gasteiger partial charge in [0.2, 0.25) is 0 Å². The normalized spacial score (nSPS) is 10.3. The summed E-state index contributed by atoms with van der Waals surface area (Å²) in [5.74, 6) is -0.287. The summed E-state index contributed by atoms with van der Waals surface area (Å²) in [5, 5.41) is 9.01. The molecule has 0 aliphatic rings. The van der Waals surface area contributed by atoms with Gasteiger partial charge in [-0.1, -0.05) is 18.2 Å². The van der Waals surface area contributed by atoms with Crippen LogP contribution in [0.15, 0.2) is 54.6 Å². The molecular weight excluding hydrogens is 304 g/mol. The maximum absolute atomic E-state index is 12.5. The Kier molecular flexibility index (Phi) is 6.09. The zero-order valence-corrected chi connectivity index (χ0v) is 14.0. The number of carbonyl (C=O) groups excluding carboxylic acids is 2. The first kappa shape index (κ1) is 17.7. The summed E-state index contributed by atoms with van der Waals surface area (Å²) >= 11 is 0. The Labute approximate surface area is 142 Å². The lowest BCUT2D eigenvalue weighted by molar-refractivity contribution is 0.0731. The molecule has 126 valence electrons. The van der Waals surface area contributed by atoms with Crippen molar-refractivity contribution < 1.29 is 14.7 Å². The number of carbonyl (C=O) groups is 2. The van der Waals surface area contributed by atoms with Crippen molar-refractivity contribution in [3.63, 3.8) is 0 Å². The van der Waals surface area contributed by atoms with Crippen LogP contribution >= 0.6 is 0 Å². The van der Waals surface area contributed by atoms with Crippen molar-refractivity contribution >= 4 is 17.5 Å². The van der Waals surface area contributed by atoms with Gasteiger partial charge in [-0.15, -0.1) is 0 Å². The van der Waals surface area contributed by atoms with Gasteiger partial charge in [-0.2, -0.15) is 0 Å². The molecule has 0 unspecified atom stereocenters. The van der Waals surface area contributed by atoms with E-state index in [1.165, 1.54) is 0 Å². The van der Waals surface area contributed by atoms with Crippen molar-refractivity contribution in [1.29, 1.82) is 0 Å². The number of anilines is 1. The van der Waals surface area contributed by atoms with Gasteiger partial charge in [0.25, 0.3) is 11.8 Å². The summed E-state index contributed by atoms with van der Waals surface area (Å²) in [6, 6.07) is 16.0. The fourth-order valence-electron chi connectivity index (χ4n) is 2.42. The Bertz CT molecular complexity index is 684. The van der Waals surface area contributed by atoms with Gasteiger partial charge in [-0.25, -0.2) is 0 Å². The topological polar surface area (TPSA) is 60.9 Å². The third-order valence-corrected chi connectivity index (χ3v) is 3.87. The highest BCUT2D eigenvalue weighted by Crippen LogP contribution is 2.16. The Morgan fingerprint density at radius 2 is 1.46 bits per heavy atom. The van der Waals surface area contributed by atoms with Gasteiger partial charge in [0.05, 0.1) is 6.61 Å². The molecule has 2 amide bonds. The summed E-state index contributed by atoms with van der Waals surface area (Å²) in [6.45, 7) is 2.61. The highest BCUT2D eigenvalue weighted by atomic mass is 16.3. The Morgan fingerprint density at radius 3 is 1.96 bits per heavy atom. The van der Waals surface area contributed by atoms with E-state index in [2.05, 4.69) is 0 Å². The molecule has 24 heavy (non-hydrogen) atoms. The van der Waals surface area contributed by atoms with E-state index < -0.39 is 0 Å². The number of para-hydroxylation sites is 1. The van der Waals surface area contributed by atoms with E-state index in [0.717, 1.165) is 5.69 Å². The molecule has 0 saturated heterocycles. The average Bonchev–Trinajstić information content (AvgIpc) is 2.65. The van der Waals surface area contributed by atoms with E-state index in [1.807, 2.05) is 37.3 Å². The lowest BCUT2D eigenvalue weighted by atomic mass is 10.1. The van der Waals surface area contributed by atoms with Crippen LogP contribution in [0.5, 0.6) is 0 Å². The highest BCUT2D eigenvalue weighted by Gasteiger charge is 2.16. The number of amides is 2. The lowest BCUT2D eigenvalue weighted by Gasteiger charge is -2.20. The molecule has 0 atom stereocenters. The van der Waals surface area contributed by atoms with Gasteiger partial charge in [0.15, 0.2) is 0 Å². The first-order chi connectivity index (χ1) is 11.6. The molecule has 0 saturated carbocycles. The summed E-state index contributed by atoms with van der Waals surface area (Å²) in [7, 11) is 1.72. The molecule has 2 aromatic rings. The minimum absolute atomic E-state index is 0.0714. The van der Waals surface area contributed by atoms with Crippen molar-refractivity contribution in [2.75, 3.05) is 31.6 Å². The largest absolute Gasteiger partial charge is 0.395 e. The zero-order chi connectivity index (χ0) is 17.5. The number of hydrogen-bond acceptors (Lipinski definition) is 3. The minimum Gasteiger partial charge on any atom is -0.395 e. The van der Waals surface area contributed by atoms with Gasteiger partial charge < -0.3 is 14.9 Å². The molecule has 2 rings (SSSR count). The molecule has 0 radical (unpaired) electrons. The Hall–Kier alpha value is -2.66. The van der Waals surface area contributed by atoms with Crippen LogP contribution in [0.2, 0.25) is 0 Å². The second-order valence-electron chi connectivity index (χ2n) is 5.39. The Morgan fingerprint density at radius 1 is 0.917 bits per heavy atom. The molecule has 0 fully saturated rings. The van der Waals surface area contributed by atoms with Crippen LogP contribution < -0.4 is 4.90 Å². The van der Waals surface area contributed by atoms with Gasteiger partial charge in [-0.3, -0.25) is 9.59 Å². The predicted molar refractivity (Wildman–Crippen MR) is 94.3 cm³/mol. The maximum atomic E-state index is 12.5. The number of likely N-dealkylation sites (N-methyl/N-ethyl adjacent to an activating group) is 1. The molecule has 0 bridgehead atoms. The molecule has 5 heteroatoms. The summed E-state index contributed by atoms with van der Waals surface area (Å²) in [6.07, 6.45) is 0. The minimum atomic E-state index is -0.151. The molecule has 0 aliphatic carbocycles. The summed E-state index contributed by atoms with van der Waals surface area (Å²) in [4.78, 5) is 28.0. The van der Waals surface area contributed by atoms with Crippen molar-refractivity contribution in [3.8, 4) is 0 Å². The van der Waals surface area contributed by atoms with E-state index in [0.29, 0.717) is 24.2 Å². The number of rotatable bonds is 6. The van der Waals surface area contributed by atoms with Crippen LogP contribution in [0.25, 0.3) is 0 Å². The van der Waals surface area contributed by atoms with Crippen LogP contribution in [0.4, 0.5) is 5.69 Å². The number of nitrogens with zero attached hydrogens (tertiary/aromatic N) is 2. The van der Waals surface area contributed by atoms with Gasteiger partial charge in [0.1, 0.15) is 0 Å². The van der Waals surface area contributed by atoms with E-state index >= 15 is 0 Å². The van der Waals surface area contributed by atoms with Crippen LogP contribution in [0.1, 0.15) is 27.6 Å².